The van der Waals surface area contributed by atoms with E-state index in [2.05, 4.69) is 46.1 Å². The van der Waals surface area contributed by atoms with Crippen LogP contribution in [0.2, 0.25) is 0 Å². The zero-order chi connectivity index (χ0) is 21.9. The van der Waals surface area contributed by atoms with Crippen LogP contribution < -0.4 is 14.8 Å². The minimum atomic E-state index is -0.0759. The molecule has 2 aliphatic rings. The summed E-state index contributed by atoms with van der Waals surface area (Å²) in [6.45, 7) is 5.48. The third kappa shape index (κ3) is 4.42. The van der Waals surface area contributed by atoms with Gasteiger partial charge < -0.3 is 24.3 Å². The zero-order valence-electron chi connectivity index (χ0n) is 18.3. The van der Waals surface area contributed by atoms with Crippen LogP contribution in [0.5, 0.6) is 11.5 Å². The minimum Gasteiger partial charge on any atom is -0.486 e. The molecular formula is C25H28N4O3. The molecule has 1 N–H and O–H groups in total. The summed E-state index contributed by atoms with van der Waals surface area (Å²) in [5.41, 5.74) is 3.15. The SMILES string of the molecule is Cc1cnc(CC2CCN(C(=O)Nc3ccc4c(c3)OCCO4)C2)n1Cc1ccccc1. The van der Waals surface area contributed by atoms with Gasteiger partial charge in [-0.1, -0.05) is 30.3 Å². The van der Waals surface area contributed by atoms with Gasteiger partial charge in [0, 0.05) is 49.7 Å². The van der Waals surface area contributed by atoms with E-state index in [9.17, 15) is 4.79 Å². The summed E-state index contributed by atoms with van der Waals surface area (Å²) in [5, 5.41) is 3.00. The van der Waals surface area contributed by atoms with E-state index in [-0.39, 0.29) is 6.03 Å². The summed E-state index contributed by atoms with van der Waals surface area (Å²) in [5.74, 6) is 2.88. The Morgan fingerprint density at radius 3 is 2.78 bits per heavy atom. The number of nitrogens with zero attached hydrogens (tertiary/aromatic N) is 3. The number of nitrogens with one attached hydrogen (secondary N) is 1. The normalized spacial score (nSPS) is 17.4. The second kappa shape index (κ2) is 8.94. The lowest BCUT2D eigenvalue weighted by Gasteiger charge is -2.21. The Kier molecular flexibility index (Phi) is 5.71. The fourth-order valence-electron chi connectivity index (χ4n) is 4.42. The first kappa shape index (κ1) is 20.4. The molecule has 2 aliphatic heterocycles. The number of urea groups is 1. The summed E-state index contributed by atoms with van der Waals surface area (Å²) in [6.07, 6.45) is 3.79. The maximum atomic E-state index is 12.8. The molecule has 32 heavy (non-hydrogen) atoms. The Balaban J connectivity index is 1.20. The van der Waals surface area contributed by atoms with Crippen LogP contribution in [-0.2, 0) is 13.0 Å². The van der Waals surface area contributed by atoms with Crippen LogP contribution in [0, 0.1) is 12.8 Å². The molecule has 7 heteroatoms. The van der Waals surface area contributed by atoms with Gasteiger partial charge in [-0.2, -0.15) is 0 Å². The van der Waals surface area contributed by atoms with Crippen molar-refractivity contribution in [1.29, 1.82) is 0 Å². The average Bonchev–Trinajstić information content (AvgIpc) is 3.42. The molecular weight excluding hydrogens is 404 g/mol. The fourth-order valence-corrected chi connectivity index (χ4v) is 4.42. The first-order valence-electron chi connectivity index (χ1n) is 11.2. The first-order chi connectivity index (χ1) is 15.7. The number of rotatable bonds is 5. The number of amides is 2. The second-order valence-corrected chi connectivity index (χ2v) is 8.48. The number of anilines is 1. The van der Waals surface area contributed by atoms with Crippen LogP contribution in [0.15, 0.2) is 54.7 Å². The smallest absolute Gasteiger partial charge is 0.321 e. The number of likely N-dealkylation sites (tertiary alicyclic amines) is 1. The molecule has 1 saturated heterocycles. The van der Waals surface area contributed by atoms with Gasteiger partial charge in [0.25, 0.3) is 0 Å². The second-order valence-electron chi connectivity index (χ2n) is 8.48. The molecule has 1 atom stereocenters. The third-order valence-electron chi connectivity index (χ3n) is 6.16. The molecule has 0 spiro atoms. The molecule has 166 valence electrons. The number of carbonyl (C=O) groups is 1. The van der Waals surface area contributed by atoms with Gasteiger partial charge in [0.05, 0.1) is 0 Å². The van der Waals surface area contributed by atoms with Crippen LogP contribution in [0.4, 0.5) is 10.5 Å². The maximum Gasteiger partial charge on any atom is 0.321 e. The molecule has 3 aromatic rings. The van der Waals surface area contributed by atoms with Gasteiger partial charge in [-0.25, -0.2) is 9.78 Å². The van der Waals surface area contributed by atoms with Crippen LogP contribution in [0.25, 0.3) is 0 Å². The predicted molar refractivity (Wildman–Crippen MR) is 122 cm³/mol. The highest BCUT2D eigenvalue weighted by Crippen LogP contribution is 2.33. The number of fused-ring (bicyclic) bond motifs is 1. The van der Waals surface area contributed by atoms with Crippen LogP contribution in [-0.4, -0.2) is 46.8 Å². The third-order valence-corrected chi connectivity index (χ3v) is 6.16. The number of aromatic nitrogens is 2. The summed E-state index contributed by atoms with van der Waals surface area (Å²) < 4.78 is 13.4. The molecule has 3 heterocycles. The van der Waals surface area contributed by atoms with E-state index in [1.165, 1.54) is 5.56 Å². The quantitative estimate of drug-likeness (QED) is 0.659. The standard InChI is InChI=1S/C25H28N4O3/c1-18-15-26-24(29(18)17-19-5-3-2-4-6-19)13-20-9-10-28(16-20)25(30)27-21-7-8-22-23(14-21)32-12-11-31-22/h2-8,14-15,20H,9-13,16-17H2,1H3,(H,27,30). The van der Waals surface area contributed by atoms with E-state index in [0.29, 0.717) is 24.9 Å². The number of carbonyl (C=O) groups excluding carboxylic acids is 1. The van der Waals surface area contributed by atoms with E-state index in [1.807, 2.05) is 35.4 Å². The van der Waals surface area contributed by atoms with Crippen molar-refractivity contribution in [3.05, 3.63) is 71.8 Å². The van der Waals surface area contributed by atoms with Crippen molar-refractivity contribution in [3.63, 3.8) is 0 Å². The Morgan fingerprint density at radius 2 is 1.94 bits per heavy atom. The maximum absolute atomic E-state index is 12.8. The Bertz CT molecular complexity index is 1100. The van der Waals surface area contributed by atoms with Crippen molar-refractivity contribution in [3.8, 4) is 11.5 Å². The molecule has 1 fully saturated rings. The van der Waals surface area contributed by atoms with Gasteiger partial charge in [-0.3, -0.25) is 0 Å². The van der Waals surface area contributed by atoms with Gasteiger partial charge in [0.15, 0.2) is 11.5 Å². The number of benzene rings is 2. The molecule has 2 amide bonds. The lowest BCUT2D eigenvalue weighted by atomic mass is 10.0. The average molecular weight is 433 g/mol. The van der Waals surface area contributed by atoms with E-state index < -0.39 is 0 Å². The molecule has 0 radical (unpaired) electrons. The van der Waals surface area contributed by atoms with Crippen LogP contribution in [0.3, 0.4) is 0 Å². The highest BCUT2D eigenvalue weighted by atomic mass is 16.6. The van der Waals surface area contributed by atoms with Crippen LogP contribution in [0.1, 0.15) is 23.5 Å². The van der Waals surface area contributed by atoms with E-state index in [4.69, 9.17) is 9.47 Å². The zero-order valence-corrected chi connectivity index (χ0v) is 18.3. The number of ether oxygens (including phenoxy) is 2. The molecule has 0 bridgehead atoms. The minimum absolute atomic E-state index is 0.0759. The Morgan fingerprint density at radius 1 is 1.12 bits per heavy atom. The van der Waals surface area contributed by atoms with Crippen molar-refractivity contribution in [2.24, 2.45) is 5.92 Å². The van der Waals surface area contributed by atoms with Gasteiger partial charge in [-0.15, -0.1) is 0 Å². The molecule has 0 saturated carbocycles. The number of hydrogen-bond donors (Lipinski definition) is 1. The summed E-state index contributed by atoms with van der Waals surface area (Å²) in [6, 6.07) is 15.9. The lowest BCUT2D eigenvalue weighted by Crippen LogP contribution is -2.33. The molecule has 2 aromatic carbocycles. The monoisotopic (exact) mass is 432 g/mol. The Hall–Kier alpha value is -3.48. The van der Waals surface area contributed by atoms with Crippen LogP contribution >= 0.6 is 0 Å². The Labute approximate surface area is 188 Å². The summed E-state index contributed by atoms with van der Waals surface area (Å²) in [4.78, 5) is 19.4. The predicted octanol–water partition coefficient (Wildman–Crippen LogP) is 4.11. The molecule has 5 rings (SSSR count). The van der Waals surface area contributed by atoms with Crippen molar-refractivity contribution in [2.45, 2.75) is 26.3 Å². The molecule has 7 nitrogen and oxygen atoms in total. The highest BCUT2D eigenvalue weighted by Gasteiger charge is 2.28. The molecule has 1 aromatic heterocycles. The number of imidazole rings is 1. The van der Waals surface area contributed by atoms with E-state index >= 15 is 0 Å². The number of aryl methyl sites for hydroxylation is 1. The van der Waals surface area contributed by atoms with Gasteiger partial charge in [0.1, 0.15) is 19.0 Å². The number of hydrogen-bond acceptors (Lipinski definition) is 4. The topological polar surface area (TPSA) is 68.6 Å². The summed E-state index contributed by atoms with van der Waals surface area (Å²) >= 11 is 0. The van der Waals surface area contributed by atoms with Gasteiger partial charge in [0.2, 0.25) is 0 Å². The first-order valence-corrected chi connectivity index (χ1v) is 11.2. The van der Waals surface area contributed by atoms with Gasteiger partial charge >= 0.3 is 6.03 Å². The molecule has 1 unspecified atom stereocenters. The van der Waals surface area contributed by atoms with Crippen molar-refractivity contribution in [1.82, 2.24) is 14.5 Å². The van der Waals surface area contributed by atoms with E-state index in [1.54, 1.807) is 0 Å². The van der Waals surface area contributed by atoms with Crippen molar-refractivity contribution >= 4 is 11.7 Å². The lowest BCUT2D eigenvalue weighted by molar-refractivity contribution is 0.171. The highest BCUT2D eigenvalue weighted by molar-refractivity contribution is 5.90. The molecule has 0 aliphatic carbocycles. The summed E-state index contributed by atoms with van der Waals surface area (Å²) in [7, 11) is 0. The van der Waals surface area contributed by atoms with Crippen molar-refractivity contribution in [2.75, 3.05) is 31.6 Å². The van der Waals surface area contributed by atoms with Gasteiger partial charge in [-0.05, 0) is 37.0 Å². The largest absolute Gasteiger partial charge is 0.486 e. The van der Waals surface area contributed by atoms with Crippen molar-refractivity contribution < 1.29 is 14.3 Å². The van der Waals surface area contributed by atoms with E-state index in [0.717, 1.165) is 55.4 Å². The fraction of sp³-hybridized carbons (Fsp3) is 0.360.